The van der Waals surface area contributed by atoms with Gasteiger partial charge in [0.1, 0.15) is 0 Å². The van der Waals surface area contributed by atoms with Crippen LogP contribution in [0.5, 0.6) is 0 Å². The lowest BCUT2D eigenvalue weighted by atomic mass is 10.1. The highest BCUT2D eigenvalue weighted by Crippen LogP contribution is 2.53. The fourth-order valence-electron chi connectivity index (χ4n) is 2.24. The maximum Gasteiger partial charge on any atom is 0.239 e. The normalized spacial score (nSPS) is 39.1. The highest BCUT2D eigenvalue weighted by atomic mass is 32.2. The third-order valence-electron chi connectivity index (χ3n) is 3.72. The predicted octanol–water partition coefficient (Wildman–Crippen LogP) is 1.59. The molecule has 0 saturated heterocycles. The summed E-state index contributed by atoms with van der Waals surface area (Å²) >= 11 is 0. The molecule has 1 amide bonds. The van der Waals surface area contributed by atoms with Crippen LogP contribution in [-0.4, -0.2) is 20.1 Å². The van der Waals surface area contributed by atoms with Crippen LogP contribution in [0.3, 0.4) is 0 Å². The average Bonchev–Trinajstić information content (AvgIpc) is 2.88. The van der Waals surface area contributed by atoms with Gasteiger partial charge in [0, 0.05) is 0 Å². The molecule has 1 aliphatic carbocycles. The number of fused-ring (bicyclic) bond motifs is 1. The molecule has 1 saturated carbocycles. The zero-order chi connectivity index (χ0) is 12.5. The molecule has 2 rings (SSSR count). The van der Waals surface area contributed by atoms with Crippen molar-refractivity contribution in [1.29, 1.82) is 0 Å². The van der Waals surface area contributed by atoms with Crippen molar-refractivity contribution in [3.05, 3.63) is 12.2 Å². The molecule has 0 unspecified atom stereocenters. The molecule has 2 aliphatic rings. The Labute approximate surface area is 103 Å². The molecule has 0 radical (unpaired) electrons. The molecule has 0 aromatic rings. The van der Waals surface area contributed by atoms with E-state index >= 15 is 0 Å². The zero-order valence-electron chi connectivity index (χ0n) is 10.1. The molecule has 96 valence electrons. The number of carbonyl (C=O) groups excluding carboxylic acids is 1. The number of hydrogen-bond acceptors (Lipinski definition) is 3. The smallest absolute Gasteiger partial charge is 0.239 e. The monoisotopic (exact) mass is 257 g/mol. The van der Waals surface area contributed by atoms with Crippen molar-refractivity contribution in [2.45, 2.75) is 39.0 Å². The summed E-state index contributed by atoms with van der Waals surface area (Å²) in [4.78, 5) is 11.9. The number of hydrogen-bond donors (Lipinski definition) is 1. The Morgan fingerprint density at radius 3 is 2.88 bits per heavy atom. The molecular formula is C12H19NO3S. The summed E-state index contributed by atoms with van der Waals surface area (Å²) in [6, 6.07) is 0. The number of carbonyl (C=O) groups is 1. The summed E-state index contributed by atoms with van der Waals surface area (Å²) in [7, 11) is -3.43. The molecule has 2 atom stereocenters. The minimum Gasteiger partial charge on any atom is -0.273 e. The molecule has 0 aromatic heterocycles. The average molecular weight is 257 g/mol. The van der Waals surface area contributed by atoms with Crippen molar-refractivity contribution in [3.8, 4) is 0 Å². The number of allylic oxidation sites excluding steroid dienone is 2. The quantitative estimate of drug-likeness (QED) is 0.670. The Morgan fingerprint density at radius 2 is 2.12 bits per heavy atom. The molecule has 1 N–H and O–H groups in total. The van der Waals surface area contributed by atoms with E-state index in [1.54, 1.807) is 0 Å². The van der Waals surface area contributed by atoms with E-state index in [1.165, 1.54) is 0 Å². The lowest BCUT2D eigenvalue weighted by Crippen LogP contribution is -2.37. The topological polar surface area (TPSA) is 63.2 Å². The van der Waals surface area contributed by atoms with Crippen molar-refractivity contribution in [2.75, 3.05) is 5.75 Å². The van der Waals surface area contributed by atoms with Crippen LogP contribution in [0.2, 0.25) is 0 Å². The number of rotatable bonds is 0. The maximum absolute atomic E-state index is 11.9. The van der Waals surface area contributed by atoms with Crippen LogP contribution < -0.4 is 4.72 Å². The van der Waals surface area contributed by atoms with Crippen LogP contribution in [-0.2, 0) is 14.8 Å². The number of nitrogens with one attached hydrogen (secondary N) is 1. The van der Waals surface area contributed by atoms with Crippen molar-refractivity contribution in [2.24, 2.45) is 11.3 Å². The zero-order valence-corrected chi connectivity index (χ0v) is 10.9. The number of amides is 1. The molecular weight excluding hydrogens is 238 g/mol. The van der Waals surface area contributed by atoms with E-state index < -0.39 is 15.4 Å². The second kappa shape index (κ2) is 4.44. The Kier molecular flexibility index (Phi) is 3.30. The molecule has 0 spiro atoms. The standard InChI is InChI=1S/C12H19NO3S/c1-12-9-10(12)7-5-3-2-4-6-8-17(15,16)13-11(12)14/h5,7,10H,2-4,6,8-9H2,1H3,(H,13,14)/b7-5-/t10-,12+/m1/s1. The first-order chi connectivity index (χ1) is 7.94. The highest BCUT2D eigenvalue weighted by molar-refractivity contribution is 7.90. The van der Waals surface area contributed by atoms with Crippen molar-refractivity contribution < 1.29 is 13.2 Å². The van der Waals surface area contributed by atoms with Gasteiger partial charge in [-0.2, -0.15) is 0 Å². The molecule has 5 heteroatoms. The van der Waals surface area contributed by atoms with E-state index in [2.05, 4.69) is 16.9 Å². The van der Waals surface area contributed by atoms with Gasteiger partial charge in [-0.3, -0.25) is 9.52 Å². The van der Waals surface area contributed by atoms with Gasteiger partial charge in [-0.05, 0) is 31.6 Å². The van der Waals surface area contributed by atoms with Crippen LogP contribution >= 0.6 is 0 Å². The number of sulfonamides is 1. The van der Waals surface area contributed by atoms with Gasteiger partial charge in [0.25, 0.3) is 0 Å². The Hall–Kier alpha value is -0.840. The van der Waals surface area contributed by atoms with E-state index in [1.807, 2.05) is 6.92 Å². The third-order valence-corrected chi connectivity index (χ3v) is 5.04. The van der Waals surface area contributed by atoms with Crippen molar-refractivity contribution >= 4 is 15.9 Å². The fraction of sp³-hybridized carbons (Fsp3) is 0.750. The molecule has 1 fully saturated rings. The second-order valence-electron chi connectivity index (χ2n) is 5.26. The molecule has 1 aliphatic heterocycles. The fourth-order valence-corrected chi connectivity index (χ4v) is 3.44. The van der Waals surface area contributed by atoms with Crippen molar-refractivity contribution in [3.63, 3.8) is 0 Å². The van der Waals surface area contributed by atoms with Gasteiger partial charge in [-0.15, -0.1) is 0 Å². The molecule has 0 aromatic carbocycles. The lowest BCUT2D eigenvalue weighted by molar-refractivity contribution is -0.124. The van der Waals surface area contributed by atoms with Crippen molar-refractivity contribution in [1.82, 2.24) is 4.72 Å². The molecule has 1 heterocycles. The van der Waals surface area contributed by atoms with E-state index in [-0.39, 0.29) is 17.6 Å². The lowest BCUT2D eigenvalue weighted by Gasteiger charge is -2.12. The molecule has 4 nitrogen and oxygen atoms in total. The summed E-state index contributed by atoms with van der Waals surface area (Å²) in [5.74, 6) is -0.0757. The Morgan fingerprint density at radius 1 is 1.35 bits per heavy atom. The Bertz CT molecular complexity index is 441. The Balaban J connectivity index is 2.13. The first kappa shape index (κ1) is 12.6. The van der Waals surface area contributed by atoms with Gasteiger partial charge >= 0.3 is 0 Å². The summed E-state index contributed by atoms with van der Waals surface area (Å²) < 4.78 is 25.5. The van der Waals surface area contributed by atoms with Gasteiger partial charge in [0.05, 0.1) is 11.2 Å². The first-order valence-corrected chi connectivity index (χ1v) is 7.81. The predicted molar refractivity (Wildman–Crippen MR) is 65.8 cm³/mol. The minimum atomic E-state index is -3.43. The van der Waals surface area contributed by atoms with Crippen LogP contribution in [0.25, 0.3) is 0 Å². The van der Waals surface area contributed by atoms with Crippen LogP contribution in [0.15, 0.2) is 12.2 Å². The summed E-state index contributed by atoms with van der Waals surface area (Å²) in [6.45, 7) is 1.83. The third kappa shape index (κ3) is 2.89. The van der Waals surface area contributed by atoms with E-state index in [9.17, 15) is 13.2 Å². The van der Waals surface area contributed by atoms with Gasteiger partial charge in [0.15, 0.2) is 0 Å². The van der Waals surface area contributed by atoms with Crippen LogP contribution in [0.1, 0.15) is 39.0 Å². The second-order valence-corrected chi connectivity index (χ2v) is 7.10. The van der Waals surface area contributed by atoms with E-state index in [0.29, 0.717) is 6.42 Å². The van der Waals surface area contributed by atoms with E-state index in [4.69, 9.17) is 0 Å². The largest absolute Gasteiger partial charge is 0.273 e. The van der Waals surface area contributed by atoms with Gasteiger partial charge in [-0.1, -0.05) is 25.5 Å². The van der Waals surface area contributed by atoms with Crippen LogP contribution in [0, 0.1) is 11.3 Å². The SMILES string of the molecule is C[C@]12C[C@H]1/C=C\CCCCCS(=O)(=O)NC2=O. The molecule has 0 bridgehead atoms. The minimum absolute atomic E-state index is 0.0587. The van der Waals surface area contributed by atoms with Gasteiger partial charge in [0.2, 0.25) is 15.9 Å². The summed E-state index contributed by atoms with van der Waals surface area (Å²) in [5, 5.41) is 0. The summed E-state index contributed by atoms with van der Waals surface area (Å²) in [5.41, 5.74) is -0.511. The maximum atomic E-state index is 11.9. The summed E-state index contributed by atoms with van der Waals surface area (Å²) in [6.07, 6.45) is 8.45. The molecule has 17 heavy (non-hydrogen) atoms. The van der Waals surface area contributed by atoms with E-state index in [0.717, 1.165) is 25.7 Å². The van der Waals surface area contributed by atoms with Gasteiger partial charge < -0.3 is 0 Å². The highest BCUT2D eigenvalue weighted by Gasteiger charge is 2.55. The van der Waals surface area contributed by atoms with Gasteiger partial charge in [-0.25, -0.2) is 8.42 Å². The first-order valence-electron chi connectivity index (χ1n) is 6.16. The van der Waals surface area contributed by atoms with Crippen LogP contribution in [0.4, 0.5) is 0 Å².